The van der Waals surface area contributed by atoms with Crippen molar-refractivity contribution in [3.05, 3.63) is 38.3 Å². The summed E-state index contributed by atoms with van der Waals surface area (Å²) >= 11 is 5.04. The first-order valence-electron chi connectivity index (χ1n) is 6.08. The first-order valence-corrected chi connectivity index (χ1v) is 7.76. The topological polar surface area (TPSA) is 46.3 Å². The van der Waals surface area contributed by atoms with Gasteiger partial charge in [-0.05, 0) is 34.8 Å². The van der Waals surface area contributed by atoms with Gasteiger partial charge in [-0.15, -0.1) is 11.3 Å². The Morgan fingerprint density at radius 3 is 3.00 bits per heavy atom. The van der Waals surface area contributed by atoms with E-state index in [1.54, 1.807) is 29.4 Å². The lowest BCUT2D eigenvalue weighted by atomic mass is 10.2. The number of halogens is 1. The van der Waals surface area contributed by atoms with Crippen LogP contribution >= 0.6 is 27.3 Å². The van der Waals surface area contributed by atoms with Crippen molar-refractivity contribution < 1.29 is 9.32 Å². The Morgan fingerprint density at radius 2 is 2.37 bits per heavy atom. The number of aromatic nitrogens is 1. The normalized spacial score (nSPS) is 14.6. The van der Waals surface area contributed by atoms with E-state index in [4.69, 9.17) is 4.52 Å². The highest BCUT2D eigenvalue weighted by Gasteiger charge is 2.29. The standard InChI is InChI=1S/C13H13BrN2O2S/c1-16(6-10-4-9(14)7-19-10)13(17)11-5-12(18-15-11)8-2-3-8/h4-5,7-8H,2-3,6H2,1H3. The average Bonchev–Trinajstić information content (AvgIpc) is 2.98. The number of carbonyl (C=O) groups is 1. The van der Waals surface area contributed by atoms with Gasteiger partial charge in [0.25, 0.3) is 5.91 Å². The van der Waals surface area contributed by atoms with Crippen LogP contribution in [0.15, 0.2) is 26.5 Å². The van der Waals surface area contributed by atoms with Crippen LogP contribution in [0.1, 0.15) is 39.9 Å². The molecule has 0 aliphatic heterocycles. The Morgan fingerprint density at radius 1 is 1.58 bits per heavy atom. The lowest BCUT2D eigenvalue weighted by Gasteiger charge is -2.13. The molecular formula is C13H13BrN2O2S. The molecule has 1 saturated carbocycles. The molecule has 0 N–H and O–H groups in total. The molecule has 2 heterocycles. The van der Waals surface area contributed by atoms with Gasteiger partial charge in [-0.3, -0.25) is 4.79 Å². The molecule has 2 aromatic rings. The van der Waals surface area contributed by atoms with Gasteiger partial charge in [0.2, 0.25) is 0 Å². The number of hydrogen-bond donors (Lipinski definition) is 0. The summed E-state index contributed by atoms with van der Waals surface area (Å²) in [7, 11) is 1.78. The molecule has 4 nitrogen and oxygen atoms in total. The molecule has 2 aromatic heterocycles. The third kappa shape index (κ3) is 2.90. The molecule has 3 rings (SSSR count). The summed E-state index contributed by atoms with van der Waals surface area (Å²) < 4.78 is 6.26. The highest BCUT2D eigenvalue weighted by molar-refractivity contribution is 9.10. The molecule has 0 unspecified atom stereocenters. The summed E-state index contributed by atoms with van der Waals surface area (Å²) in [5.74, 6) is 1.23. The van der Waals surface area contributed by atoms with E-state index < -0.39 is 0 Å². The monoisotopic (exact) mass is 340 g/mol. The smallest absolute Gasteiger partial charge is 0.276 e. The SMILES string of the molecule is CN(Cc1cc(Br)cs1)C(=O)c1cc(C2CC2)on1. The number of hydrogen-bond acceptors (Lipinski definition) is 4. The fourth-order valence-electron chi connectivity index (χ4n) is 1.89. The molecule has 0 bridgehead atoms. The minimum Gasteiger partial charge on any atom is -0.360 e. The molecule has 6 heteroatoms. The van der Waals surface area contributed by atoms with Crippen molar-refractivity contribution >= 4 is 33.2 Å². The zero-order valence-corrected chi connectivity index (χ0v) is 12.8. The van der Waals surface area contributed by atoms with Gasteiger partial charge < -0.3 is 9.42 Å². The molecule has 0 saturated heterocycles. The van der Waals surface area contributed by atoms with Crippen molar-refractivity contribution in [2.24, 2.45) is 0 Å². The van der Waals surface area contributed by atoms with Crippen LogP contribution in [0.2, 0.25) is 0 Å². The van der Waals surface area contributed by atoms with Crippen LogP contribution < -0.4 is 0 Å². The molecule has 1 fully saturated rings. The van der Waals surface area contributed by atoms with Crippen LogP contribution in [-0.2, 0) is 6.54 Å². The molecule has 1 aliphatic carbocycles. The van der Waals surface area contributed by atoms with Gasteiger partial charge in [0, 0.05) is 33.8 Å². The number of thiophene rings is 1. The summed E-state index contributed by atoms with van der Waals surface area (Å²) in [6.07, 6.45) is 2.28. The molecule has 0 aromatic carbocycles. The predicted molar refractivity (Wildman–Crippen MR) is 76.3 cm³/mol. The van der Waals surface area contributed by atoms with E-state index in [2.05, 4.69) is 21.1 Å². The van der Waals surface area contributed by atoms with Crippen molar-refractivity contribution in [3.8, 4) is 0 Å². The summed E-state index contributed by atoms with van der Waals surface area (Å²) in [6.45, 7) is 0.584. The van der Waals surface area contributed by atoms with Crippen molar-refractivity contribution in [2.75, 3.05) is 7.05 Å². The Balaban J connectivity index is 1.67. The maximum Gasteiger partial charge on any atom is 0.276 e. The fourth-order valence-corrected chi connectivity index (χ4v) is 3.39. The lowest BCUT2D eigenvalue weighted by molar-refractivity contribution is 0.0776. The van der Waals surface area contributed by atoms with Crippen molar-refractivity contribution in [3.63, 3.8) is 0 Å². The highest BCUT2D eigenvalue weighted by Crippen LogP contribution is 2.40. The summed E-state index contributed by atoms with van der Waals surface area (Å²) in [5, 5.41) is 5.88. The number of rotatable bonds is 4. The van der Waals surface area contributed by atoms with Crippen LogP contribution in [-0.4, -0.2) is 23.0 Å². The van der Waals surface area contributed by atoms with Crippen LogP contribution in [0.25, 0.3) is 0 Å². The third-order valence-electron chi connectivity index (χ3n) is 3.09. The van der Waals surface area contributed by atoms with Gasteiger partial charge in [-0.25, -0.2) is 0 Å². The van der Waals surface area contributed by atoms with Gasteiger partial charge in [-0.2, -0.15) is 0 Å². The second-order valence-corrected chi connectivity index (χ2v) is 6.69. The maximum atomic E-state index is 12.2. The Hall–Kier alpha value is -1.14. The highest BCUT2D eigenvalue weighted by atomic mass is 79.9. The van der Waals surface area contributed by atoms with E-state index in [0.29, 0.717) is 18.2 Å². The second kappa shape index (κ2) is 5.09. The molecular weight excluding hydrogens is 328 g/mol. The van der Waals surface area contributed by atoms with Gasteiger partial charge >= 0.3 is 0 Å². The van der Waals surface area contributed by atoms with Crippen molar-refractivity contribution in [1.29, 1.82) is 0 Å². The Kier molecular flexibility index (Phi) is 3.45. The summed E-state index contributed by atoms with van der Waals surface area (Å²) in [4.78, 5) is 15.0. The van der Waals surface area contributed by atoms with Gasteiger partial charge in [-0.1, -0.05) is 5.16 Å². The van der Waals surface area contributed by atoms with Gasteiger partial charge in [0.1, 0.15) is 5.76 Å². The van der Waals surface area contributed by atoms with Crippen molar-refractivity contribution in [1.82, 2.24) is 10.1 Å². The molecule has 0 spiro atoms. The second-order valence-electron chi connectivity index (χ2n) is 4.78. The van der Waals surface area contributed by atoms with E-state index in [9.17, 15) is 4.79 Å². The minimum atomic E-state index is -0.0971. The number of nitrogens with zero attached hydrogens (tertiary/aromatic N) is 2. The van der Waals surface area contributed by atoms with Crippen LogP contribution in [0, 0.1) is 0 Å². The van der Waals surface area contributed by atoms with E-state index in [-0.39, 0.29) is 5.91 Å². The summed E-state index contributed by atoms with van der Waals surface area (Å²) in [6, 6.07) is 3.80. The molecule has 19 heavy (non-hydrogen) atoms. The van der Waals surface area contributed by atoms with Crippen molar-refractivity contribution in [2.45, 2.75) is 25.3 Å². The summed E-state index contributed by atoms with van der Waals surface area (Å²) in [5.41, 5.74) is 0.403. The predicted octanol–water partition coefficient (Wildman–Crippen LogP) is 3.65. The van der Waals surface area contributed by atoms with Crippen LogP contribution in [0.4, 0.5) is 0 Å². The van der Waals surface area contributed by atoms with E-state index in [1.807, 2.05) is 11.4 Å². The third-order valence-corrected chi connectivity index (χ3v) is 4.77. The molecule has 1 amide bonds. The van der Waals surface area contributed by atoms with E-state index in [1.165, 1.54) is 0 Å². The van der Waals surface area contributed by atoms with Gasteiger partial charge in [0.05, 0.1) is 6.54 Å². The molecule has 0 radical (unpaired) electrons. The molecule has 0 atom stereocenters. The minimum absolute atomic E-state index is 0.0971. The first-order chi connectivity index (χ1) is 9.13. The zero-order chi connectivity index (χ0) is 13.4. The van der Waals surface area contributed by atoms with E-state index >= 15 is 0 Å². The lowest BCUT2D eigenvalue weighted by Crippen LogP contribution is -2.26. The number of amides is 1. The van der Waals surface area contributed by atoms with Gasteiger partial charge in [0.15, 0.2) is 5.69 Å². The Labute approximate surface area is 123 Å². The largest absolute Gasteiger partial charge is 0.360 e. The van der Waals surface area contributed by atoms with Crippen LogP contribution in [0.5, 0.6) is 0 Å². The molecule has 100 valence electrons. The fraction of sp³-hybridized carbons (Fsp3) is 0.385. The van der Waals surface area contributed by atoms with Crippen LogP contribution in [0.3, 0.4) is 0 Å². The van der Waals surface area contributed by atoms with E-state index in [0.717, 1.165) is 28.0 Å². The quantitative estimate of drug-likeness (QED) is 0.853. The maximum absolute atomic E-state index is 12.2. The number of carbonyl (C=O) groups excluding carboxylic acids is 1. The Bertz CT molecular complexity index is 603. The molecule has 1 aliphatic rings. The average molecular weight is 341 g/mol. The first kappa shape index (κ1) is 12.9. The zero-order valence-electron chi connectivity index (χ0n) is 10.4.